The van der Waals surface area contributed by atoms with Crippen molar-refractivity contribution < 1.29 is 14.3 Å². The van der Waals surface area contributed by atoms with Crippen LogP contribution in [0, 0.1) is 0 Å². The number of amides is 4. The highest BCUT2D eigenvalue weighted by atomic mass is 16.5. The third kappa shape index (κ3) is 6.43. The lowest BCUT2D eigenvalue weighted by atomic mass is 9.91. The summed E-state index contributed by atoms with van der Waals surface area (Å²) in [5.41, 5.74) is 1.22. The average Bonchev–Trinajstić information content (AvgIpc) is 2.71. The van der Waals surface area contributed by atoms with Gasteiger partial charge in [0.05, 0.1) is 13.2 Å². The summed E-state index contributed by atoms with van der Waals surface area (Å²) in [5.74, 6) is 0. The van der Waals surface area contributed by atoms with Crippen LogP contribution in [0.25, 0.3) is 0 Å². The van der Waals surface area contributed by atoms with Gasteiger partial charge in [0.25, 0.3) is 0 Å². The number of ether oxygens (including phenoxy) is 1. The number of carbonyl (C=O) groups is 2. The maximum atomic E-state index is 12.2. The number of hydrogen-bond acceptors (Lipinski definition) is 3. The second kappa shape index (κ2) is 10.2. The minimum atomic E-state index is -0.105. The molecule has 1 aromatic carbocycles. The molecule has 1 aliphatic heterocycles. The van der Waals surface area contributed by atoms with Crippen molar-refractivity contribution in [1.29, 1.82) is 0 Å². The smallest absolute Gasteiger partial charge is 0.317 e. The molecule has 0 aromatic heterocycles. The molecule has 1 heterocycles. The van der Waals surface area contributed by atoms with Gasteiger partial charge in [0.15, 0.2) is 0 Å². The van der Waals surface area contributed by atoms with Gasteiger partial charge in [-0.1, -0.05) is 30.3 Å². The summed E-state index contributed by atoms with van der Waals surface area (Å²) in [4.78, 5) is 26.1. The second-order valence-electron chi connectivity index (χ2n) is 7.23. The van der Waals surface area contributed by atoms with Crippen LogP contribution in [0.4, 0.5) is 9.59 Å². The fourth-order valence-electron chi connectivity index (χ4n) is 3.62. The summed E-state index contributed by atoms with van der Waals surface area (Å²) in [7, 11) is 0. The van der Waals surface area contributed by atoms with E-state index in [4.69, 9.17) is 4.74 Å². The van der Waals surface area contributed by atoms with E-state index >= 15 is 0 Å². The van der Waals surface area contributed by atoms with Crippen molar-refractivity contribution in [3.05, 3.63) is 35.9 Å². The number of morpholine rings is 1. The fraction of sp³-hybridized carbons (Fsp3) is 0.600. The van der Waals surface area contributed by atoms with Gasteiger partial charge in [0.2, 0.25) is 0 Å². The predicted molar refractivity (Wildman–Crippen MR) is 104 cm³/mol. The van der Waals surface area contributed by atoms with Crippen LogP contribution < -0.4 is 16.0 Å². The Bertz CT molecular complexity index is 597. The molecule has 0 unspecified atom stereocenters. The van der Waals surface area contributed by atoms with Crippen LogP contribution in [0.2, 0.25) is 0 Å². The van der Waals surface area contributed by atoms with Gasteiger partial charge < -0.3 is 25.6 Å². The summed E-state index contributed by atoms with van der Waals surface area (Å²) in [6.45, 7) is 3.17. The Labute approximate surface area is 160 Å². The molecule has 0 spiro atoms. The van der Waals surface area contributed by atoms with E-state index in [1.807, 2.05) is 23.1 Å². The lowest BCUT2D eigenvalue weighted by molar-refractivity contribution is 0.0520. The first-order valence-electron chi connectivity index (χ1n) is 9.92. The lowest BCUT2D eigenvalue weighted by Crippen LogP contribution is -2.51. The van der Waals surface area contributed by atoms with Gasteiger partial charge in [-0.25, -0.2) is 9.59 Å². The van der Waals surface area contributed by atoms with Gasteiger partial charge in [-0.05, 0) is 37.7 Å². The Morgan fingerprint density at radius 2 is 1.59 bits per heavy atom. The number of hydrogen-bond donors (Lipinski definition) is 3. The van der Waals surface area contributed by atoms with Gasteiger partial charge >= 0.3 is 12.1 Å². The van der Waals surface area contributed by atoms with E-state index in [-0.39, 0.29) is 24.1 Å². The molecule has 2 aliphatic rings. The summed E-state index contributed by atoms with van der Waals surface area (Å²) in [5, 5.41) is 9.10. The normalized spacial score (nSPS) is 22.7. The topological polar surface area (TPSA) is 82.7 Å². The standard InChI is InChI=1S/C20H30N4O3/c25-19(21-11-10-16-4-2-1-3-5-16)22-17-6-8-18(9-7-17)23-20(26)24-12-14-27-15-13-24/h1-5,17-18H,6-15H2,(H,23,26)(H2,21,22,25). The molecule has 1 saturated heterocycles. The molecule has 3 rings (SSSR count). The Kier molecular flexibility index (Phi) is 7.33. The highest BCUT2D eigenvalue weighted by Gasteiger charge is 2.25. The third-order valence-corrected chi connectivity index (χ3v) is 5.23. The molecule has 7 nitrogen and oxygen atoms in total. The fourth-order valence-corrected chi connectivity index (χ4v) is 3.62. The van der Waals surface area contributed by atoms with E-state index in [9.17, 15) is 9.59 Å². The predicted octanol–water partition coefficient (Wildman–Crippen LogP) is 1.88. The molecule has 1 saturated carbocycles. The monoisotopic (exact) mass is 374 g/mol. The van der Waals surface area contributed by atoms with Crippen molar-refractivity contribution in [1.82, 2.24) is 20.9 Å². The van der Waals surface area contributed by atoms with Crippen molar-refractivity contribution in [3.63, 3.8) is 0 Å². The van der Waals surface area contributed by atoms with Crippen molar-refractivity contribution in [3.8, 4) is 0 Å². The summed E-state index contributed by atoms with van der Waals surface area (Å²) in [6, 6.07) is 10.4. The van der Waals surface area contributed by atoms with Crippen LogP contribution in [-0.2, 0) is 11.2 Å². The molecule has 2 fully saturated rings. The lowest BCUT2D eigenvalue weighted by Gasteiger charge is -2.33. The summed E-state index contributed by atoms with van der Waals surface area (Å²) < 4.78 is 5.28. The maximum Gasteiger partial charge on any atom is 0.317 e. The SMILES string of the molecule is O=C(NCCc1ccccc1)NC1CCC(NC(=O)N2CCOCC2)CC1. The molecule has 4 amide bonds. The molecule has 0 radical (unpaired) electrons. The van der Waals surface area contributed by atoms with E-state index in [0.717, 1.165) is 32.1 Å². The van der Waals surface area contributed by atoms with E-state index in [1.165, 1.54) is 5.56 Å². The molecule has 27 heavy (non-hydrogen) atoms. The van der Waals surface area contributed by atoms with E-state index in [1.54, 1.807) is 0 Å². The largest absolute Gasteiger partial charge is 0.378 e. The zero-order valence-corrected chi connectivity index (χ0v) is 15.8. The molecule has 148 valence electrons. The minimum absolute atomic E-state index is 0.00774. The first-order chi connectivity index (χ1) is 13.2. The van der Waals surface area contributed by atoms with Gasteiger partial charge in [-0.15, -0.1) is 0 Å². The van der Waals surface area contributed by atoms with E-state index < -0.39 is 0 Å². The summed E-state index contributed by atoms with van der Waals surface area (Å²) >= 11 is 0. The number of nitrogens with one attached hydrogen (secondary N) is 3. The van der Waals surface area contributed by atoms with Gasteiger partial charge in [0.1, 0.15) is 0 Å². The quantitative estimate of drug-likeness (QED) is 0.736. The Morgan fingerprint density at radius 3 is 2.26 bits per heavy atom. The van der Waals surface area contributed by atoms with Crippen LogP contribution in [0.5, 0.6) is 0 Å². The molecular formula is C20H30N4O3. The maximum absolute atomic E-state index is 12.2. The van der Waals surface area contributed by atoms with Crippen LogP contribution in [-0.4, -0.2) is 61.9 Å². The Hall–Kier alpha value is -2.28. The number of nitrogens with zero attached hydrogens (tertiary/aromatic N) is 1. The first-order valence-corrected chi connectivity index (χ1v) is 9.92. The summed E-state index contributed by atoms with van der Waals surface area (Å²) in [6.07, 6.45) is 4.39. The molecule has 0 atom stereocenters. The Balaban J connectivity index is 1.29. The van der Waals surface area contributed by atoms with Gasteiger partial charge in [-0.2, -0.15) is 0 Å². The van der Waals surface area contributed by atoms with Crippen LogP contribution in [0.1, 0.15) is 31.2 Å². The first kappa shape index (κ1) is 19.5. The number of urea groups is 2. The number of carbonyl (C=O) groups excluding carboxylic acids is 2. The molecule has 1 aromatic rings. The number of benzene rings is 1. The highest BCUT2D eigenvalue weighted by molar-refractivity contribution is 5.75. The zero-order chi connectivity index (χ0) is 18.9. The van der Waals surface area contributed by atoms with Crippen LogP contribution in [0.3, 0.4) is 0 Å². The van der Waals surface area contributed by atoms with Crippen LogP contribution in [0.15, 0.2) is 30.3 Å². The molecule has 0 bridgehead atoms. The van der Waals surface area contributed by atoms with Crippen molar-refractivity contribution in [2.45, 2.75) is 44.2 Å². The van der Waals surface area contributed by atoms with Crippen molar-refractivity contribution in [2.24, 2.45) is 0 Å². The van der Waals surface area contributed by atoms with Crippen molar-refractivity contribution in [2.75, 3.05) is 32.8 Å². The third-order valence-electron chi connectivity index (χ3n) is 5.23. The van der Waals surface area contributed by atoms with Crippen molar-refractivity contribution >= 4 is 12.1 Å². The molecule has 1 aliphatic carbocycles. The van der Waals surface area contributed by atoms with E-state index in [0.29, 0.717) is 32.8 Å². The second-order valence-corrected chi connectivity index (χ2v) is 7.23. The van der Waals surface area contributed by atoms with E-state index in [2.05, 4.69) is 28.1 Å². The average molecular weight is 374 g/mol. The number of rotatable bonds is 5. The molecular weight excluding hydrogens is 344 g/mol. The molecule has 3 N–H and O–H groups in total. The minimum Gasteiger partial charge on any atom is -0.378 e. The highest BCUT2D eigenvalue weighted by Crippen LogP contribution is 2.19. The van der Waals surface area contributed by atoms with Gasteiger partial charge in [-0.3, -0.25) is 0 Å². The Morgan fingerprint density at radius 1 is 0.963 bits per heavy atom. The van der Waals surface area contributed by atoms with Crippen LogP contribution >= 0.6 is 0 Å². The van der Waals surface area contributed by atoms with Gasteiger partial charge in [0, 0.05) is 31.7 Å². The zero-order valence-electron chi connectivity index (χ0n) is 15.8. The molecule has 7 heteroatoms.